The van der Waals surface area contributed by atoms with E-state index in [9.17, 15) is 4.79 Å². The van der Waals surface area contributed by atoms with E-state index in [1.165, 1.54) is 13.5 Å². The van der Waals surface area contributed by atoms with Gasteiger partial charge >= 0.3 is 5.97 Å². The van der Waals surface area contributed by atoms with E-state index in [0.717, 1.165) is 19.3 Å². The molecule has 4 nitrogen and oxygen atoms in total. The second kappa shape index (κ2) is 4.73. The maximum absolute atomic E-state index is 11.6. The maximum Gasteiger partial charge on any atom is 0.341 e. The molecule has 17 heavy (non-hydrogen) atoms. The van der Waals surface area contributed by atoms with Crippen LogP contribution in [0.3, 0.4) is 0 Å². The zero-order chi connectivity index (χ0) is 12.3. The molecule has 1 heterocycles. The molecule has 1 aromatic heterocycles. The van der Waals surface area contributed by atoms with Crippen LogP contribution in [0.15, 0.2) is 18.3 Å². The predicted molar refractivity (Wildman–Crippen MR) is 66.1 cm³/mol. The third-order valence-electron chi connectivity index (χ3n) is 3.58. The highest BCUT2D eigenvalue weighted by Crippen LogP contribution is 2.38. The zero-order valence-corrected chi connectivity index (χ0v) is 10.3. The molecule has 0 aliphatic heterocycles. The molecule has 0 bridgehead atoms. The molecule has 0 spiro atoms. The van der Waals surface area contributed by atoms with E-state index in [1.807, 2.05) is 0 Å². The number of anilines is 1. The fourth-order valence-corrected chi connectivity index (χ4v) is 2.20. The molecule has 1 N–H and O–H groups in total. The van der Waals surface area contributed by atoms with Crippen LogP contribution in [0.25, 0.3) is 0 Å². The number of ether oxygens (including phenoxy) is 1. The number of carbonyl (C=O) groups is 1. The van der Waals surface area contributed by atoms with Gasteiger partial charge in [-0.1, -0.05) is 6.92 Å². The molecule has 1 aromatic rings. The highest BCUT2D eigenvalue weighted by atomic mass is 16.5. The minimum atomic E-state index is -0.342. The lowest BCUT2D eigenvalue weighted by molar-refractivity contribution is 0.0601. The van der Waals surface area contributed by atoms with Crippen molar-refractivity contribution in [2.45, 2.75) is 38.1 Å². The summed E-state index contributed by atoms with van der Waals surface area (Å²) in [6.07, 6.45) is 6.25. The SMILES string of the molecule is CCC1(Nc2ncccc2C(=O)OC)CCC1. The van der Waals surface area contributed by atoms with Crippen molar-refractivity contribution in [1.29, 1.82) is 0 Å². The Balaban J connectivity index is 2.23. The average molecular weight is 234 g/mol. The summed E-state index contributed by atoms with van der Waals surface area (Å²) in [4.78, 5) is 15.9. The number of rotatable bonds is 4. The van der Waals surface area contributed by atoms with Crippen LogP contribution in [0.4, 0.5) is 5.82 Å². The minimum absolute atomic E-state index is 0.122. The molecule has 0 atom stereocenters. The number of esters is 1. The van der Waals surface area contributed by atoms with Crippen LogP contribution in [0.1, 0.15) is 43.0 Å². The van der Waals surface area contributed by atoms with Crippen molar-refractivity contribution in [3.05, 3.63) is 23.9 Å². The summed E-state index contributed by atoms with van der Waals surface area (Å²) in [5.41, 5.74) is 0.631. The number of hydrogen-bond donors (Lipinski definition) is 1. The maximum atomic E-state index is 11.6. The first kappa shape index (κ1) is 11.9. The van der Waals surface area contributed by atoms with Gasteiger partial charge in [-0.3, -0.25) is 0 Å². The van der Waals surface area contributed by atoms with Crippen LogP contribution in [0, 0.1) is 0 Å². The number of methoxy groups -OCH3 is 1. The Labute approximate surface area is 101 Å². The van der Waals surface area contributed by atoms with Gasteiger partial charge in [0.15, 0.2) is 0 Å². The fraction of sp³-hybridized carbons (Fsp3) is 0.538. The van der Waals surface area contributed by atoms with E-state index >= 15 is 0 Å². The first-order chi connectivity index (χ1) is 8.21. The monoisotopic (exact) mass is 234 g/mol. The Kier molecular flexibility index (Phi) is 3.31. The Morgan fingerprint density at radius 2 is 2.35 bits per heavy atom. The van der Waals surface area contributed by atoms with E-state index in [1.54, 1.807) is 18.3 Å². The van der Waals surface area contributed by atoms with E-state index in [0.29, 0.717) is 11.4 Å². The molecular weight excluding hydrogens is 216 g/mol. The zero-order valence-electron chi connectivity index (χ0n) is 10.3. The summed E-state index contributed by atoms with van der Waals surface area (Å²) in [5.74, 6) is 0.298. The van der Waals surface area contributed by atoms with Crippen molar-refractivity contribution in [1.82, 2.24) is 4.98 Å². The van der Waals surface area contributed by atoms with E-state index in [4.69, 9.17) is 4.74 Å². The summed E-state index contributed by atoms with van der Waals surface area (Å²) in [6.45, 7) is 2.16. The van der Waals surface area contributed by atoms with E-state index < -0.39 is 0 Å². The molecule has 2 rings (SSSR count). The van der Waals surface area contributed by atoms with Gasteiger partial charge in [0.25, 0.3) is 0 Å². The quantitative estimate of drug-likeness (QED) is 0.814. The number of pyridine rings is 1. The van der Waals surface area contributed by atoms with Crippen molar-refractivity contribution in [3.63, 3.8) is 0 Å². The number of hydrogen-bond acceptors (Lipinski definition) is 4. The number of carbonyl (C=O) groups excluding carboxylic acids is 1. The molecule has 1 aliphatic rings. The first-order valence-corrected chi connectivity index (χ1v) is 6.02. The van der Waals surface area contributed by atoms with Gasteiger partial charge in [0.1, 0.15) is 11.4 Å². The van der Waals surface area contributed by atoms with E-state index in [2.05, 4.69) is 17.2 Å². The van der Waals surface area contributed by atoms with Gasteiger partial charge in [-0.25, -0.2) is 9.78 Å². The van der Waals surface area contributed by atoms with Crippen molar-refractivity contribution < 1.29 is 9.53 Å². The van der Waals surface area contributed by atoms with Gasteiger partial charge in [0.05, 0.1) is 7.11 Å². The molecule has 92 valence electrons. The van der Waals surface area contributed by atoms with Crippen LogP contribution in [0.5, 0.6) is 0 Å². The van der Waals surface area contributed by atoms with Crippen LogP contribution in [-0.4, -0.2) is 23.6 Å². The number of nitrogens with zero attached hydrogens (tertiary/aromatic N) is 1. The standard InChI is InChI=1S/C13H18N2O2/c1-3-13(7-5-8-13)15-11-10(12(16)17-2)6-4-9-14-11/h4,6,9H,3,5,7-8H2,1-2H3,(H,14,15). The van der Waals surface area contributed by atoms with Gasteiger partial charge in [0, 0.05) is 11.7 Å². The molecule has 1 saturated carbocycles. The molecule has 0 aromatic carbocycles. The normalized spacial score (nSPS) is 17.1. The largest absolute Gasteiger partial charge is 0.465 e. The Bertz CT molecular complexity index is 408. The Morgan fingerprint density at radius 1 is 1.59 bits per heavy atom. The highest BCUT2D eigenvalue weighted by molar-refractivity contribution is 5.94. The summed E-state index contributed by atoms with van der Waals surface area (Å²) < 4.78 is 4.76. The van der Waals surface area contributed by atoms with Gasteiger partial charge in [-0.05, 0) is 37.8 Å². The number of nitrogens with one attached hydrogen (secondary N) is 1. The highest BCUT2D eigenvalue weighted by Gasteiger charge is 2.36. The van der Waals surface area contributed by atoms with Crippen LogP contribution in [-0.2, 0) is 4.74 Å². The second-order valence-electron chi connectivity index (χ2n) is 4.50. The molecule has 0 saturated heterocycles. The molecule has 0 amide bonds. The Morgan fingerprint density at radius 3 is 2.88 bits per heavy atom. The Hall–Kier alpha value is -1.58. The lowest BCUT2D eigenvalue weighted by atomic mass is 9.75. The number of aromatic nitrogens is 1. The lowest BCUT2D eigenvalue weighted by Gasteiger charge is -2.42. The van der Waals surface area contributed by atoms with Crippen molar-refractivity contribution in [3.8, 4) is 0 Å². The third-order valence-corrected chi connectivity index (χ3v) is 3.58. The van der Waals surface area contributed by atoms with Crippen molar-refractivity contribution in [2.24, 2.45) is 0 Å². The fourth-order valence-electron chi connectivity index (χ4n) is 2.20. The molecule has 1 fully saturated rings. The summed E-state index contributed by atoms with van der Waals surface area (Å²) in [5, 5.41) is 3.41. The average Bonchev–Trinajstić information content (AvgIpc) is 2.33. The van der Waals surface area contributed by atoms with Gasteiger partial charge in [0.2, 0.25) is 0 Å². The van der Waals surface area contributed by atoms with Crippen LogP contribution >= 0.6 is 0 Å². The topological polar surface area (TPSA) is 51.2 Å². The molecule has 1 aliphatic carbocycles. The van der Waals surface area contributed by atoms with Crippen molar-refractivity contribution >= 4 is 11.8 Å². The predicted octanol–water partition coefficient (Wildman–Crippen LogP) is 2.61. The summed E-state index contributed by atoms with van der Waals surface area (Å²) >= 11 is 0. The molecule has 0 unspecified atom stereocenters. The van der Waals surface area contributed by atoms with Crippen LogP contribution in [0.2, 0.25) is 0 Å². The molecule has 0 radical (unpaired) electrons. The first-order valence-electron chi connectivity index (χ1n) is 6.02. The minimum Gasteiger partial charge on any atom is -0.465 e. The second-order valence-corrected chi connectivity index (χ2v) is 4.50. The summed E-state index contributed by atoms with van der Waals surface area (Å²) in [7, 11) is 1.39. The van der Waals surface area contributed by atoms with Gasteiger partial charge < -0.3 is 10.1 Å². The van der Waals surface area contributed by atoms with E-state index in [-0.39, 0.29) is 11.5 Å². The van der Waals surface area contributed by atoms with Gasteiger partial charge in [-0.15, -0.1) is 0 Å². The lowest BCUT2D eigenvalue weighted by Crippen LogP contribution is -2.44. The molecular formula is C13H18N2O2. The van der Waals surface area contributed by atoms with Gasteiger partial charge in [-0.2, -0.15) is 0 Å². The third kappa shape index (κ3) is 2.25. The van der Waals surface area contributed by atoms with Crippen LogP contribution < -0.4 is 5.32 Å². The summed E-state index contributed by atoms with van der Waals surface area (Å²) in [6, 6.07) is 3.49. The smallest absolute Gasteiger partial charge is 0.341 e. The molecule has 4 heteroatoms. The van der Waals surface area contributed by atoms with Crippen molar-refractivity contribution in [2.75, 3.05) is 12.4 Å².